The van der Waals surface area contributed by atoms with Crippen molar-refractivity contribution in [3.05, 3.63) is 16.1 Å². The molecule has 0 saturated carbocycles. The summed E-state index contributed by atoms with van der Waals surface area (Å²) in [7, 11) is 0. The SMILES string of the molecule is CC(C)N1CCCC1Cc1ncc(CC=O)s1. The summed E-state index contributed by atoms with van der Waals surface area (Å²) in [4.78, 5) is 18.5. The van der Waals surface area contributed by atoms with E-state index in [1.807, 2.05) is 6.20 Å². The van der Waals surface area contributed by atoms with Crippen LogP contribution in [0.15, 0.2) is 6.20 Å². The Bertz CT molecular complexity index is 375. The van der Waals surface area contributed by atoms with Gasteiger partial charge in [-0.2, -0.15) is 0 Å². The standard InChI is InChI=1S/C13H20N2OS/c1-10(2)15-6-3-4-11(15)8-13-14-9-12(17-13)5-7-16/h7,9-11H,3-6,8H2,1-2H3. The van der Waals surface area contributed by atoms with Crippen molar-refractivity contribution in [1.82, 2.24) is 9.88 Å². The molecular formula is C13H20N2OS. The lowest BCUT2D eigenvalue weighted by Crippen LogP contribution is -2.36. The van der Waals surface area contributed by atoms with Gasteiger partial charge in [-0.15, -0.1) is 11.3 Å². The van der Waals surface area contributed by atoms with Crippen molar-refractivity contribution in [3.63, 3.8) is 0 Å². The Balaban J connectivity index is 1.97. The van der Waals surface area contributed by atoms with E-state index in [0.29, 0.717) is 18.5 Å². The highest BCUT2D eigenvalue weighted by atomic mass is 32.1. The predicted molar refractivity (Wildman–Crippen MR) is 70.5 cm³/mol. The Labute approximate surface area is 107 Å². The number of nitrogens with zero attached hydrogens (tertiary/aromatic N) is 2. The number of thiazole rings is 1. The van der Waals surface area contributed by atoms with Crippen molar-refractivity contribution in [3.8, 4) is 0 Å². The fourth-order valence-corrected chi connectivity index (χ4v) is 3.52. The predicted octanol–water partition coefficient (Wildman–Crippen LogP) is 2.30. The van der Waals surface area contributed by atoms with Gasteiger partial charge in [-0.25, -0.2) is 4.98 Å². The lowest BCUT2D eigenvalue weighted by molar-refractivity contribution is -0.107. The van der Waals surface area contributed by atoms with Crippen LogP contribution in [-0.2, 0) is 17.6 Å². The highest BCUT2D eigenvalue weighted by Gasteiger charge is 2.27. The molecule has 2 heterocycles. The molecule has 1 aromatic heterocycles. The third-order valence-corrected chi connectivity index (χ3v) is 4.42. The van der Waals surface area contributed by atoms with Crippen LogP contribution in [0.25, 0.3) is 0 Å². The zero-order valence-electron chi connectivity index (χ0n) is 10.6. The van der Waals surface area contributed by atoms with Gasteiger partial charge < -0.3 is 4.79 Å². The first-order valence-corrected chi connectivity index (χ1v) is 7.15. The van der Waals surface area contributed by atoms with Gasteiger partial charge in [-0.1, -0.05) is 0 Å². The molecule has 1 saturated heterocycles. The lowest BCUT2D eigenvalue weighted by atomic mass is 10.1. The largest absolute Gasteiger partial charge is 0.303 e. The van der Waals surface area contributed by atoms with Crippen molar-refractivity contribution in [2.75, 3.05) is 6.54 Å². The summed E-state index contributed by atoms with van der Waals surface area (Å²) in [6.45, 7) is 5.74. The minimum Gasteiger partial charge on any atom is -0.303 e. The number of carbonyl (C=O) groups is 1. The van der Waals surface area contributed by atoms with Gasteiger partial charge in [0.1, 0.15) is 6.29 Å². The fourth-order valence-electron chi connectivity index (χ4n) is 2.58. The van der Waals surface area contributed by atoms with Crippen LogP contribution in [0.2, 0.25) is 0 Å². The molecular weight excluding hydrogens is 232 g/mol. The average molecular weight is 252 g/mol. The number of likely N-dealkylation sites (tertiary alicyclic amines) is 1. The molecule has 1 atom stereocenters. The fraction of sp³-hybridized carbons (Fsp3) is 0.692. The summed E-state index contributed by atoms with van der Waals surface area (Å²) >= 11 is 1.69. The van der Waals surface area contributed by atoms with E-state index in [1.165, 1.54) is 24.4 Å². The molecule has 17 heavy (non-hydrogen) atoms. The molecule has 0 aromatic carbocycles. The number of aldehydes is 1. The van der Waals surface area contributed by atoms with E-state index in [4.69, 9.17) is 0 Å². The molecule has 0 aliphatic carbocycles. The third kappa shape index (κ3) is 3.13. The molecule has 0 N–H and O–H groups in total. The Morgan fingerprint density at radius 1 is 1.65 bits per heavy atom. The van der Waals surface area contributed by atoms with Crippen molar-refractivity contribution in [2.45, 2.75) is 51.6 Å². The molecule has 0 amide bonds. The molecule has 0 bridgehead atoms. The second-order valence-electron chi connectivity index (χ2n) is 4.92. The van der Waals surface area contributed by atoms with Crippen molar-refractivity contribution >= 4 is 17.6 Å². The zero-order valence-corrected chi connectivity index (χ0v) is 11.4. The van der Waals surface area contributed by atoms with Crippen LogP contribution in [0.5, 0.6) is 0 Å². The van der Waals surface area contributed by atoms with Gasteiger partial charge in [0.2, 0.25) is 0 Å². The summed E-state index contributed by atoms with van der Waals surface area (Å²) in [5.74, 6) is 0. The van der Waals surface area contributed by atoms with E-state index in [1.54, 1.807) is 11.3 Å². The van der Waals surface area contributed by atoms with Crippen LogP contribution in [0.4, 0.5) is 0 Å². The van der Waals surface area contributed by atoms with Crippen LogP contribution in [0.1, 0.15) is 36.6 Å². The van der Waals surface area contributed by atoms with Gasteiger partial charge in [-0.3, -0.25) is 4.90 Å². The van der Waals surface area contributed by atoms with Crippen LogP contribution >= 0.6 is 11.3 Å². The zero-order chi connectivity index (χ0) is 12.3. The van der Waals surface area contributed by atoms with Crippen LogP contribution in [-0.4, -0.2) is 34.8 Å². The molecule has 1 unspecified atom stereocenters. The Hall–Kier alpha value is -0.740. The summed E-state index contributed by atoms with van der Waals surface area (Å²) in [6, 6.07) is 1.27. The van der Waals surface area contributed by atoms with Crippen molar-refractivity contribution in [1.29, 1.82) is 0 Å². The number of carbonyl (C=O) groups excluding carboxylic acids is 1. The normalized spacial score (nSPS) is 21.2. The molecule has 1 aliphatic rings. The summed E-state index contributed by atoms with van der Waals surface area (Å²) in [5.41, 5.74) is 0. The van der Waals surface area contributed by atoms with Gasteiger partial charge >= 0.3 is 0 Å². The minimum absolute atomic E-state index is 0.510. The Morgan fingerprint density at radius 3 is 3.18 bits per heavy atom. The van der Waals surface area contributed by atoms with Crippen molar-refractivity contribution < 1.29 is 4.79 Å². The molecule has 4 heteroatoms. The number of aromatic nitrogens is 1. The van der Waals surface area contributed by atoms with E-state index < -0.39 is 0 Å². The quantitative estimate of drug-likeness (QED) is 0.754. The average Bonchev–Trinajstić information content (AvgIpc) is 2.89. The summed E-state index contributed by atoms with van der Waals surface area (Å²) < 4.78 is 0. The molecule has 1 aromatic rings. The molecule has 1 aliphatic heterocycles. The summed E-state index contributed by atoms with van der Waals surface area (Å²) in [5, 5.41) is 1.18. The van der Waals surface area contributed by atoms with Gasteiger partial charge in [0, 0.05) is 36.0 Å². The van der Waals surface area contributed by atoms with Crippen molar-refractivity contribution in [2.24, 2.45) is 0 Å². The highest BCUT2D eigenvalue weighted by Crippen LogP contribution is 2.25. The van der Waals surface area contributed by atoms with E-state index in [9.17, 15) is 4.79 Å². The second-order valence-corrected chi connectivity index (χ2v) is 6.12. The molecule has 3 nitrogen and oxygen atoms in total. The van der Waals surface area contributed by atoms with E-state index in [-0.39, 0.29) is 0 Å². The minimum atomic E-state index is 0.510. The molecule has 0 radical (unpaired) electrons. The first-order valence-electron chi connectivity index (χ1n) is 6.33. The highest BCUT2D eigenvalue weighted by molar-refractivity contribution is 7.11. The second kappa shape index (κ2) is 5.74. The molecule has 0 spiro atoms. The number of rotatable bonds is 5. The maximum atomic E-state index is 10.4. The third-order valence-electron chi connectivity index (χ3n) is 3.38. The van der Waals surface area contributed by atoms with Gasteiger partial charge in [0.15, 0.2) is 0 Å². The van der Waals surface area contributed by atoms with Crippen LogP contribution < -0.4 is 0 Å². The van der Waals surface area contributed by atoms with Crippen LogP contribution in [0, 0.1) is 0 Å². The number of hydrogen-bond donors (Lipinski definition) is 0. The Kier molecular flexibility index (Phi) is 4.29. The molecule has 94 valence electrons. The maximum Gasteiger partial charge on any atom is 0.125 e. The smallest absolute Gasteiger partial charge is 0.125 e. The van der Waals surface area contributed by atoms with Gasteiger partial charge in [0.25, 0.3) is 0 Å². The first kappa shape index (κ1) is 12.7. The topological polar surface area (TPSA) is 33.2 Å². The van der Waals surface area contributed by atoms with E-state index in [2.05, 4.69) is 23.7 Å². The lowest BCUT2D eigenvalue weighted by Gasteiger charge is -2.27. The van der Waals surface area contributed by atoms with E-state index >= 15 is 0 Å². The van der Waals surface area contributed by atoms with Gasteiger partial charge in [-0.05, 0) is 33.2 Å². The first-order chi connectivity index (χ1) is 8.20. The van der Waals surface area contributed by atoms with Gasteiger partial charge in [0.05, 0.1) is 5.01 Å². The monoisotopic (exact) mass is 252 g/mol. The summed E-state index contributed by atoms with van der Waals surface area (Å²) in [6.07, 6.45) is 6.93. The van der Waals surface area contributed by atoms with Crippen LogP contribution in [0.3, 0.4) is 0 Å². The number of hydrogen-bond acceptors (Lipinski definition) is 4. The maximum absolute atomic E-state index is 10.4. The van der Waals surface area contributed by atoms with E-state index in [0.717, 1.165) is 17.6 Å². The molecule has 2 rings (SSSR count). The Morgan fingerprint density at radius 2 is 2.47 bits per heavy atom. The molecule has 1 fully saturated rings.